The Morgan fingerprint density at radius 3 is 1.15 bits per heavy atom. The lowest BCUT2D eigenvalue weighted by Gasteiger charge is -2.45. The van der Waals surface area contributed by atoms with Gasteiger partial charge in [-0.25, -0.2) is 0 Å². The number of hydrogen-bond acceptors (Lipinski definition) is 2. The molecule has 3 heteroatoms. The second kappa shape index (κ2) is 22.6. The minimum absolute atomic E-state index is 0.0281. The average molecular weight is 1180 g/mol. The van der Waals surface area contributed by atoms with Gasteiger partial charge in [-0.3, -0.25) is 0 Å². The zero-order valence-corrected chi connectivity index (χ0v) is 52.4. The van der Waals surface area contributed by atoms with Crippen molar-refractivity contribution in [2.45, 2.75) is 40.0 Å². The third-order valence-electron chi connectivity index (χ3n) is 19.9. The van der Waals surface area contributed by atoms with Crippen LogP contribution in [-0.2, 0) is 19.3 Å². The molecule has 0 amide bonds. The van der Waals surface area contributed by atoms with Crippen molar-refractivity contribution in [3.05, 3.63) is 320 Å². The fourth-order valence-corrected chi connectivity index (χ4v) is 16.0. The Labute approximate surface area is 540 Å². The summed E-state index contributed by atoms with van der Waals surface area (Å²) in [7, 11) is 0. The standard InChI is InChI=1S/C89H69BN2/c1-89(2,3)58-59-54-84-88-85(55-59)92(53-51-74-70(63-30-15-7-16-31-63)38-22-39-71(74)64-32-17-8-18-33-64)83-49-45-67(72-46-47-79-77-41-20-35-65-34-19-40-76(86(65)77)78-43-23-42-75(72)87(78)79)57-81(83)90(88)80-56-66(60-24-9-4-10-25-60)44-48-82(80)91(84)52-50-73-68(61-26-11-5-12-27-61)36-21-37-69(73)62-28-13-6-14-29-62/h4-49,54-57H,50-53,58H2,1-3H3. The highest BCUT2D eigenvalue weighted by molar-refractivity contribution is 7.00. The van der Waals surface area contributed by atoms with Crippen LogP contribution in [0.5, 0.6) is 0 Å². The predicted octanol–water partition coefficient (Wildman–Crippen LogP) is 21.2. The Morgan fingerprint density at radius 1 is 0.293 bits per heavy atom. The first kappa shape index (κ1) is 55.3. The maximum Gasteiger partial charge on any atom is 0.252 e. The molecule has 15 aromatic carbocycles. The van der Waals surface area contributed by atoms with Gasteiger partial charge in [-0.15, -0.1) is 0 Å². The van der Waals surface area contributed by atoms with Gasteiger partial charge >= 0.3 is 0 Å². The fraction of sp³-hybridized carbons (Fsp3) is 0.101. The minimum Gasteiger partial charge on any atom is -0.342 e. The number of fused-ring (bicyclic) bond motifs is 6. The summed E-state index contributed by atoms with van der Waals surface area (Å²) in [6.45, 7) is 8.64. The number of rotatable bonds is 13. The second-order valence-electron chi connectivity index (χ2n) is 26.7. The Balaban J connectivity index is 0.910. The average Bonchev–Trinajstić information content (AvgIpc) is 0.711. The van der Waals surface area contributed by atoms with E-state index in [4.69, 9.17) is 0 Å². The number of nitrogens with zero attached hydrogens (tertiary/aromatic N) is 2. The quantitative estimate of drug-likeness (QED) is 0.0645. The molecule has 15 aromatic rings. The van der Waals surface area contributed by atoms with E-state index in [1.165, 1.54) is 166 Å². The molecule has 0 fully saturated rings. The molecule has 0 N–H and O–H groups in total. The van der Waals surface area contributed by atoms with Crippen molar-refractivity contribution in [1.82, 2.24) is 0 Å². The van der Waals surface area contributed by atoms with Crippen molar-refractivity contribution in [2.75, 3.05) is 22.9 Å². The first-order valence-electron chi connectivity index (χ1n) is 32.9. The monoisotopic (exact) mass is 1180 g/mol. The Kier molecular flexibility index (Phi) is 13.6. The SMILES string of the molecule is CC(C)(C)Cc1cc2c3c(c1)N(CCc1c(-c4ccccc4)cccc1-c1ccccc1)c1ccc(-c4ccc5c6cccc7cccc(c8cccc4c85)c76)cc1B3c1cc(-c3ccccc3)ccc1N2CCc1c(-c2ccccc2)cccc1-c1ccccc1. The third kappa shape index (κ3) is 9.57. The van der Waals surface area contributed by atoms with E-state index in [9.17, 15) is 0 Å². The number of hydrogen-bond donors (Lipinski definition) is 0. The highest BCUT2D eigenvalue weighted by Crippen LogP contribution is 2.47. The van der Waals surface area contributed by atoms with E-state index >= 15 is 0 Å². The summed E-state index contributed by atoms with van der Waals surface area (Å²) in [4.78, 5) is 5.48. The maximum absolute atomic E-state index is 2.74. The topological polar surface area (TPSA) is 6.48 Å². The minimum atomic E-state index is -0.0813. The first-order valence-corrected chi connectivity index (χ1v) is 32.9. The van der Waals surface area contributed by atoms with E-state index < -0.39 is 0 Å². The lowest BCUT2D eigenvalue weighted by Crippen LogP contribution is -2.62. The molecule has 0 spiro atoms. The van der Waals surface area contributed by atoms with Gasteiger partial charge in [0.2, 0.25) is 0 Å². The van der Waals surface area contributed by atoms with Gasteiger partial charge in [0.05, 0.1) is 0 Å². The van der Waals surface area contributed by atoms with Crippen LogP contribution in [0.1, 0.15) is 37.5 Å². The van der Waals surface area contributed by atoms with Crippen LogP contribution < -0.4 is 26.2 Å². The fourth-order valence-electron chi connectivity index (χ4n) is 16.0. The predicted molar refractivity (Wildman–Crippen MR) is 395 cm³/mol. The molecular formula is C89H69BN2. The highest BCUT2D eigenvalue weighted by Gasteiger charge is 2.43. The van der Waals surface area contributed by atoms with Gasteiger partial charge in [-0.05, 0) is 192 Å². The molecular weight excluding hydrogens is 1110 g/mol. The molecule has 0 atom stereocenters. The van der Waals surface area contributed by atoms with Crippen LogP contribution >= 0.6 is 0 Å². The van der Waals surface area contributed by atoms with Crippen molar-refractivity contribution >= 4 is 88.9 Å². The number of benzene rings is 15. The number of anilines is 4. The molecule has 438 valence electrons. The summed E-state index contributed by atoms with van der Waals surface area (Å²) in [5, 5.41) is 10.5. The molecule has 0 bridgehead atoms. The smallest absolute Gasteiger partial charge is 0.252 e. The molecule has 92 heavy (non-hydrogen) atoms. The van der Waals surface area contributed by atoms with Gasteiger partial charge < -0.3 is 9.80 Å². The van der Waals surface area contributed by atoms with E-state index in [2.05, 4.69) is 334 Å². The zero-order valence-electron chi connectivity index (χ0n) is 52.4. The van der Waals surface area contributed by atoms with Crippen LogP contribution in [0.25, 0.3) is 110 Å². The van der Waals surface area contributed by atoms with Crippen LogP contribution in [0.15, 0.2) is 303 Å². The van der Waals surface area contributed by atoms with Gasteiger partial charge in [-0.1, -0.05) is 300 Å². The normalized spacial score (nSPS) is 12.7. The second-order valence-corrected chi connectivity index (χ2v) is 26.7. The lowest BCUT2D eigenvalue weighted by atomic mass is 9.33. The van der Waals surface area contributed by atoms with Crippen molar-refractivity contribution < 1.29 is 0 Å². The van der Waals surface area contributed by atoms with Crippen LogP contribution in [0.2, 0.25) is 0 Å². The van der Waals surface area contributed by atoms with Gasteiger partial charge in [0.25, 0.3) is 6.71 Å². The van der Waals surface area contributed by atoms with Crippen LogP contribution in [0, 0.1) is 5.41 Å². The van der Waals surface area contributed by atoms with Crippen LogP contribution in [0.4, 0.5) is 22.7 Å². The van der Waals surface area contributed by atoms with Crippen molar-refractivity contribution in [2.24, 2.45) is 5.41 Å². The zero-order chi connectivity index (χ0) is 61.4. The summed E-state index contributed by atoms with van der Waals surface area (Å²) in [6, 6.07) is 115. The van der Waals surface area contributed by atoms with Gasteiger partial charge in [-0.2, -0.15) is 0 Å². The van der Waals surface area contributed by atoms with E-state index in [1.807, 2.05) is 0 Å². The van der Waals surface area contributed by atoms with Gasteiger partial charge in [0.1, 0.15) is 0 Å². The molecule has 0 unspecified atom stereocenters. The van der Waals surface area contributed by atoms with E-state index in [1.54, 1.807) is 0 Å². The third-order valence-corrected chi connectivity index (χ3v) is 19.9. The molecule has 0 radical (unpaired) electrons. The highest BCUT2D eigenvalue weighted by atomic mass is 15.2. The Morgan fingerprint density at radius 2 is 0.685 bits per heavy atom. The molecule has 17 rings (SSSR count). The van der Waals surface area contributed by atoms with Gasteiger partial charge in [0, 0.05) is 35.8 Å². The van der Waals surface area contributed by atoms with Gasteiger partial charge in [0.15, 0.2) is 0 Å². The van der Waals surface area contributed by atoms with E-state index in [-0.39, 0.29) is 12.1 Å². The molecule has 0 aliphatic carbocycles. The molecule has 0 aromatic heterocycles. The van der Waals surface area contributed by atoms with Crippen LogP contribution in [0.3, 0.4) is 0 Å². The molecule has 2 aliphatic rings. The van der Waals surface area contributed by atoms with Crippen molar-refractivity contribution in [1.29, 1.82) is 0 Å². The van der Waals surface area contributed by atoms with E-state index in [0.29, 0.717) is 0 Å². The maximum atomic E-state index is 2.74. The van der Waals surface area contributed by atoms with E-state index in [0.717, 1.165) is 32.4 Å². The Hall–Kier alpha value is -10.7. The molecule has 0 saturated carbocycles. The summed E-state index contributed by atoms with van der Waals surface area (Å²) in [5.41, 5.74) is 28.3. The lowest BCUT2D eigenvalue weighted by molar-refractivity contribution is 0.411. The Bertz CT molecular complexity index is 5100. The molecule has 2 nitrogen and oxygen atoms in total. The molecule has 0 saturated heterocycles. The summed E-state index contributed by atoms with van der Waals surface area (Å²) >= 11 is 0. The van der Waals surface area contributed by atoms with Crippen LogP contribution in [-0.4, -0.2) is 19.8 Å². The van der Waals surface area contributed by atoms with Crippen molar-refractivity contribution in [3.63, 3.8) is 0 Å². The summed E-state index contributed by atoms with van der Waals surface area (Å²) in [6.07, 6.45) is 2.57. The molecule has 2 aliphatic heterocycles. The largest absolute Gasteiger partial charge is 0.342 e. The summed E-state index contributed by atoms with van der Waals surface area (Å²) in [5.74, 6) is 0. The van der Waals surface area contributed by atoms with Crippen molar-refractivity contribution in [3.8, 4) is 66.8 Å². The molecule has 2 heterocycles. The summed E-state index contributed by atoms with van der Waals surface area (Å²) < 4.78 is 0. The first-order chi connectivity index (χ1) is 45.3.